The molecular formula is C13H18O3. The summed E-state index contributed by atoms with van der Waals surface area (Å²) in [4.78, 5) is 11.5. The van der Waals surface area contributed by atoms with Crippen LogP contribution in [0.2, 0.25) is 0 Å². The molecule has 0 aliphatic heterocycles. The van der Waals surface area contributed by atoms with Gasteiger partial charge in [-0.25, -0.2) is 4.79 Å². The average Bonchev–Trinajstić information content (AvgIpc) is 2.30. The molecule has 88 valence electrons. The second kappa shape index (κ2) is 7.01. The van der Waals surface area contributed by atoms with Gasteiger partial charge < -0.3 is 9.84 Å². The second-order valence-electron chi connectivity index (χ2n) is 3.72. The fraction of sp³-hybridized carbons (Fsp3) is 0.462. The van der Waals surface area contributed by atoms with E-state index >= 15 is 0 Å². The molecule has 1 unspecified atom stereocenters. The van der Waals surface area contributed by atoms with E-state index in [1.807, 2.05) is 6.07 Å². The van der Waals surface area contributed by atoms with Crippen molar-refractivity contribution in [3.8, 4) is 0 Å². The van der Waals surface area contributed by atoms with Crippen molar-refractivity contribution in [3.63, 3.8) is 0 Å². The number of carbonyl (C=O) groups is 1. The number of hydrogen-bond acceptors (Lipinski definition) is 3. The molecule has 0 fully saturated rings. The topological polar surface area (TPSA) is 46.5 Å². The Kier molecular flexibility index (Phi) is 5.57. The molecule has 0 aromatic heterocycles. The number of hydrogen-bond donors (Lipinski definition) is 1. The van der Waals surface area contributed by atoms with Gasteiger partial charge in [0.15, 0.2) is 0 Å². The predicted molar refractivity (Wildman–Crippen MR) is 62.0 cm³/mol. The van der Waals surface area contributed by atoms with Crippen molar-refractivity contribution in [1.82, 2.24) is 0 Å². The van der Waals surface area contributed by atoms with Crippen molar-refractivity contribution in [2.75, 3.05) is 0 Å². The smallest absolute Gasteiger partial charge is 0.340 e. The standard InChI is InChI=1S/C13H18O3/c1-2-3-5-10-12(14)16-13(15)11-8-6-4-7-9-11/h4,6-9,12,14H,2-3,5,10H2,1H3. The fourth-order valence-corrected chi connectivity index (χ4v) is 1.39. The average molecular weight is 222 g/mol. The lowest BCUT2D eigenvalue weighted by Gasteiger charge is -2.11. The van der Waals surface area contributed by atoms with Crippen LogP contribution < -0.4 is 0 Å². The summed E-state index contributed by atoms with van der Waals surface area (Å²) in [5.74, 6) is -0.468. The van der Waals surface area contributed by atoms with Crippen molar-refractivity contribution < 1.29 is 14.6 Å². The second-order valence-corrected chi connectivity index (χ2v) is 3.72. The number of rotatable bonds is 6. The molecule has 1 aromatic carbocycles. The Morgan fingerprint density at radius 1 is 1.31 bits per heavy atom. The molecule has 1 aromatic rings. The molecule has 0 radical (unpaired) electrons. The minimum Gasteiger partial charge on any atom is -0.432 e. The maximum absolute atomic E-state index is 11.5. The maximum Gasteiger partial charge on any atom is 0.340 e. The van der Waals surface area contributed by atoms with Crippen LogP contribution in [-0.4, -0.2) is 17.4 Å². The highest BCUT2D eigenvalue weighted by molar-refractivity contribution is 5.89. The van der Waals surface area contributed by atoms with Crippen LogP contribution in [0.5, 0.6) is 0 Å². The lowest BCUT2D eigenvalue weighted by molar-refractivity contribution is -0.0693. The Morgan fingerprint density at radius 2 is 2.00 bits per heavy atom. The first-order valence-corrected chi connectivity index (χ1v) is 5.68. The Hall–Kier alpha value is -1.35. The molecule has 0 aliphatic carbocycles. The molecule has 0 spiro atoms. The monoisotopic (exact) mass is 222 g/mol. The molecule has 1 rings (SSSR count). The normalized spacial score (nSPS) is 12.1. The number of aliphatic hydroxyl groups excluding tert-OH is 1. The number of ether oxygens (including phenoxy) is 1. The summed E-state index contributed by atoms with van der Waals surface area (Å²) in [5.41, 5.74) is 0.469. The largest absolute Gasteiger partial charge is 0.432 e. The van der Waals surface area contributed by atoms with Gasteiger partial charge in [-0.3, -0.25) is 0 Å². The Labute approximate surface area is 96.1 Å². The Morgan fingerprint density at radius 3 is 2.62 bits per heavy atom. The van der Waals surface area contributed by atoms with E-state index in [0.717, 1.165) is 19.3 Å². The lowest BCUT2D eigenvalue weighted by atomic mass is 10.2. The number of carbonyl (C=O) groups excluding carboxylic acids is 1. The van der Waals surface area contributed by atoms with Gasteiger partial charge in [-0.05, 0) is 18.6 Å². The van der Waals surface area contributed by atoms with E-state index in [9.17, 15) is 9.90 Å². The van der Waals surface area contributed by atoms with Gasteiger partial charge in [-0.15, -0.1) is 0 Å². The molecule has 16 heavy (non-hydrogen) atoms. The Bertz CT molecular complexity index is 308. The van der Waals surface area contributed by atoms with Crippen LogP contribution in [-0.2, 0) is 4.74 Å². The van der Waals surface area contributed by atoms with Crippen LogP contribution in [0.25, 0.3) is 0 Å². The minimum absolute atomic E-state index is 0.468. The number of esters is 1. The first-order chi connectivity index (χ1) is 7.74. The summed E-state index contributed by atoms with van der Waals surface area (Å²) >= 11 is 0. The van der Waals surface area contributed by atoms with Gasteiger partial charge in [0.25, 0.3) is 0 Å². The van der Waals surface area contributed by atoms with Crippen LogP contribution in [0.1, 0.15) is 43.0 Å². The first kappa shape index (κ1) is 12.7. The molecule has 0 aliphatic rings. The van der Waals surface area contributed by atoms with E-state index in [1.54, 1.807) is 24.3 Å². The van der Waals surface area contributed by atoms with Crippen molar-refractivity contribution in [2.24, 2.45) is 0 Å². The molecule has 0 bridgehead atoms. The molecule has 0 amide bonds. The molecular weight excluding hydrogens is 204 g/mol. The highest BCUT2D eigenvalue weighted by Gasteiger charge is 2.12. The lowest BCUT2D eigenvalue weighted by Crippen LogP contribution is -2.17. The molecule has 0 saturated carbocycles. The van der Waals surface area contributed by atoms with Crippen LogP contribution >= 0.6 is 0 Å². The van der Waals surface area contributed by atoms with Crippen molar-refractivity contribution in [3.05, 3.63) is 35.9 Å². The predicted octanol–water partition coefficient (Wildman–Crippen LogP) is 2.74. The zero-order chi connectivity index (χ0) is 11.8. The molecule has 3 heteroatoms. The van der Waals surface area contributed by atoms with E-state index in [2.05, 4.69) is 6.92 Å². The zero-order valence-electron chi connectivity index (χ0n) is 9.56. The fourth-order valence-electron chi connectivity index (χ4n) is 1.39. The molecule has 1 N–H and O–H groups in total. The highest BCUT2D eigenvalue weighted by atomic mass is 16.6. The number of unbranched alkanes of at least 4 members (excludes halogenated alkanes) is 2. The third kappa shape index (κ3) is 4.45. The van der Waals surface area contributed by atoms with Gasteiger partial charge in [-0.2, -0.15) is 0 Å². The molecule has 1 atom stereocenters. The van der Waals surface area contributed by atoms with Gasteiger partial charge in [0, 0.05) is 6.42 Å². The molecule has 0 heterocycles. The third-order valence-electron chi connectivity index (χ3n) is 2.31. The van der Waals surface area contributed by atoms with E-state index < -0.39 is 12.3 Å². The van der Waals surface area contributed by atoms with Crippen LogP contribution in [0.3, 0.4) is 0 Å². The Balaban J connectivity index is 2.34. The number of benzene rings is 1. The van der Waals surface area contributed by atoms with Crippen LogP contribution in [0, 0.1) is 0 Å². The van der Waals surface area contributed by atoms with E-state index in [0.29, 0.717) is 12.0 Å². The highest BCUT2D eigenvalue weighted by Crippen LogP contribution is 2.08. The summed E-state index contributed by atoms with van der Waals surface area (Å²) in [6, 6.07) is 8.69. The van der Waals surface area contributed by atoms with E-state index in [4.69, 9.17) is 4.74 Å². The van der Waals surface area contributed by atoms with Gasteiger partial charge in [0.05, 0.1) is 5.56 Å². The summed E-state index contributed by atoms with van der Waals surface area (Å²) in [6.45, 7) is 2.09. The van der Waals surface area contributed by atoms with Crippen LogP contribution in [0.15, 0.2) is 30.3 Å². The summed E-state index contributed by atoms with van der Waals surface area (Å²) in [5, 5.41) is 9.46. The molecule has 3 nitrogen and oxygen atoms in total. The summed E-state index contributed by atoms with van der Waals surface area (Å²) < 4.78 is 4.90. The van der Waals surface area contributed by atoms with Crippen molar-refractivity contribution >= 4 is 5.97 Å². The van der Waals surface area contributed by atoms with Crippen molar-refractivity contribution in [2.45, 2.75) is 38.9 Å². The number of aliphatic hydroxyl groups is 1. The quantitative estimate of drug-likeness (QED) is 0.457. The third-order valence-corrected chi connectivity index (χ3v) is 2.31. The maximum atomic E-state index is 11.5. The molecule has 0 saturated heterocycles. The SMILES string of the molecule is CCCCCC(O)OC(=O)c1ccccc1. The first-order valence-electron chi connectivity index (χ1n) is 5.68. The summed E-state index contributed by atoms with van der Waals surface area (Å²) in [7, 11) is 0. The van der Waals surface area contributed by atoms with Crippen molar-refractivity contribution in [1.29, 1.82) is 0 Å². The van der Waals surface area contributed by atoms with Crippen LogP contribution in [0.4, 0.5) is 0 Å². The van der Waals surface area contributed by atoms with E-state index in [-0.39, 0.29) is 0 Å². The van der Waals surface area contributed by atoms with Gasteiger partial charge in [0.2, 0.25) is 6.29 Å². The van der Waals surface area contributed by atoms with Gasteiger partial charge >= 0.3 is 5.97 Å². The zero-order valence-corrected chi connectivity index (χ0v) is 9.56. The van der Waals surface area contributed by atoms with Gasteiger partial charge in [-0.1, -0.05) is 38.0 Å². The summed E-state index contributed by atoms with van der Waals surface area (Å²) in [6.07, 6.45) is 2.52. The van der Waals surface area contributed by atoms with E-state index in [1.165, 1.54) is 0 Å². The van der Waals surface area contributed by atoms with Gasteiger partial charge in [0.1, 0.15) is 0 Å². The minimum atomic E-state index is -0.987.